The Kier molecular flexibility index (Phi) is 4.94. The quantitative estimate of drug-likeness (QED) is 0.878. The Morgan fingerprint density at radius 1 is 1.12 bits per heavy atom. The van der Waals surface area contributed by atoms with Crippen LogP contribution in [0.25, 0.3) is 0 Å². The molecule has 142 valence electrons. The number of benzene rings is 1. The average Bonchev–Trinajstić information content (AvgIpc) is 3.49. The normalized spacial score (nSPS) is 25.7. The molecule has 0 unspecified atom stereocenters. The van der Waals surface area contributed by atoms with Gasteiger partial charge in [0.1, 0.15) is 11.5 Å². The first-order valence-corrected chi connectivity index (χ1v) is 9.68. The highest BCUT2D eigenvalue weighted by atomic mass is 16.5. The first-order chi connectivity index (χ1) is 12.7. The Bertz CT molecular complexity index is 662. The van der Waals surface area contributed by atoms with Gasteiger partial charge in [0.05, 0.1) is 19.9 Å². The lowest BCUT2D eigenvalue weighted by Crippen LogP contribution is -2.45. The zero-order valence-corrected chi connectivity index (χ0v) is 15.7. The van der Waals surface area contributed by atoms with Gasteiger partial charge >= 0.3 is 6.03 Å². The zero-order valence-electron chi connectivity index (χ0n) is 15.7. The van der Waals surface area contributed by atoms with Gasteiger partial charge in [-0.15, -0.1) is 0 Å². The molecule has 2 amide bonds. The Morgan fingerprint density at radius 2 is 1.96 bits per heavy atom. The summed E-state index contributed by atoms with van der Waals surface area (Å²) in [5.41, 5.74) is 0.656. The van der Waals surface area contributed by atoms with E-state index in [4.69, 9.17) is 9.47 Å². The highest BCUT2D eigenvalue weighted by Crippen LogP contribution is 2.35. The van der Waals surface area contributed by atoms with E-state index in [1.807, 2.05) is 23.1 Å². The lowest BCUT2D eigenvalue weighted by atomic mass is 9.95. The van der Waals surface area contributed by atoms with E-state index in [2.05, 4.69) is 10.2 Å². The number of nitrogens with one attached hydrogen (secondary N) is 1. The summed E-state index contributed by atoms with van der Waals surface area (Å²) in [6, 6.07) is 5.92. The number of hydrogen-bond acceptors (Lipinski definition) is 4. The fraction of sp³-hybridized carbons (Fsp3) is 0.650. The monoisotopic (exact) mass is 359 g/mol. The van der Waals surface area contributed by atoms with Gasteiger partial charge in [-0.3, -0.25) is 4.90 Å². The van der Waals surface area contributed by atoms with Crippen LogP contribution in [-0.4, -0.2) is 62.3 Å². The molecule has 5 rings (SSSR count). The van der Waals surface area contributed by atoms with Crippen LogP contribution in [-0.2, 0) is 0 Å². The van der Waals surface area contributed by atoms with Crippen LogP contribution < -0.4 is 14.8 Å². The maximum Gasteiger partial charge on any atom is 0.322 e. The van der Waals surface area contributed by atoms with E-state index in [0.29, 0.717) is 29.1 Å². The number of carbonyl (C=O) groups is 1. The minimum absolute atomic E-state index is 0.0401. The molecule has 1 N–H and O–H groups in total. The summed E-state index contributed by atoms with van der Waals surface area (Å²) in [6.07, 6.45) is 5.21. The van der Waals surface area contributed by atoms with Gasteiger partial charge in [0, 0.05) is 38.3 Å². The predicted molar refractivity (Wildman–Crippen MR) is 101 cm³/mol. The summed E-state index contributed by atoms with van der Waals surface area (Å²) in [7, 11) is 3.23. The van der Waals surface area contributed by atoms with Crippen LogP contribution in [0.2, 0.25) is 0 Å². The van der Waals surface area contributed by atoms with Crippen molar-refractivity contribution in [3.8, 4) is 11.5 Å². The maximum atomic E-state index is 12.9. The molecule has 1 aromatic rings. The smallest absolute Gasteiger partial charge is 0.322 e. The van der Waals surface area contributed by atoms with Gasteiger partial charge in [-0.2, -0.15) is 0 Å². The number of fused-ring (bicyclic) bond motifs is 4. The number of ether oxygens (including phenoxy) is 2. The molecule has 4 fully saturated rings. The Morgan fingerprint density at radius 3 is 2.69 bits per heavy atom. The maximum absolute atomic E-state index is 12.9. The molecule has 6 nitrogen and oxygen atoms in total. The highest BCUT2D eigenvalue weighted by Gasteiger charge is 2.38. The van der Waals surface area contributed by atoms with Gasteiger partial charge in [-0.25, -0.2) is 4.79 Å². The molecule has 3 saturated heterocycles. The topological polar surface area (TPSA) is 54.0 Å². The minimum atomic E-state index is -0.0401. The van der Waals surface area contributed by atoms with E-state index in [1.54, 1.807) is 14.2 Å². The van der Waals surface area contributed by atoms with Crippen molar-refractivity contribution in [2.24, 2.45) is 11.8 Å². The minimum Gasteiger partial charge on any atom is -0.497 e. The Hall–Kier alpha value is -1.95. The van der Waals surface area contributed by atoms with Crippen LogP contribution in [0.5, 0.6) is 11.5 Å². The third kappa shape index (κ3) is 3.75. The Labute approximate surface area is 155 Å². The van der Waals surface area contributed by atoms with Gasteiger partial charge < -0.3 is 19.7 Å². The molecule has 1 saturated carbocycles. The molecular weight excluding hydrogens is 330 g/mol. The fourth-order valence-electron chi connectivity index (χ4n) is 4.31. The first kappa shape index (κ1) is 17.5. The molecule has 4 aliphatic rings. The van der Waals surface area contributed by atoms with Crippen molar-refractivity contribution in [2.45, 2.75) is 31.7 Å². The SMILES string of the molecule is COc1ccc(OC)c(NC(=O)N2C[C@H]3CC[C@@H](C2)N(CC2CC2)C3)c1. The number of anilines is 1. The van der Waals surface area contributed by atoms with Gasteiger partial charge in [0.2, 0.25) is 0 Å². The fourth-order valence-corrected chi connectivity index (χ4v) is 4.31. The zero-order chi connectivity index (χ0) is 18.1. The van der Waals surface area contributed by atoms with Crippen LogP contribution in [0.3, 0.4) is 0 Å². The van der Waals surface area contributed by atoms with Crippen molar-refractivity contribution in [2.75, 3.05) is 45.7 Å². The second-order valence-electron chi connectivity index (χ2n) is 7.90. The van der Waals surface area contributed by atoms with Gasteiger partial charge in [-0.05, 0) is 49.7 Å². The number of carbonyl (C=O) groups excluding carboxylic acids is 1. The summed E-state index contributed by atoms with van der Waals surface area (Å²) in [4.78, 5) is 17.6. The molecule has 2 atom stereocenters. The molecule has 6 heteroatoms. The summed E-state index contributed by atoms with van der Waals surface area (Å²) in [6.45, 7) is 4.03. The second kappa shape index (κ2) is 7.35. The number of urea groups is 1. The Balaban J connectivity index is 1.45. The van der Waals surface area contributed by atoms with E-state index in [9.17, 15) is 4.79 Å². The van der Waals surface area contributed by atoms with Crippen LogP contribution in [0.4, 0.5) is 10.5 Å². The van der Waals surface area contributed by atoms with Crippen molar-refractivity contribution in [1.29, 1.82) is 0 Å². The molecule has 0 spiro atoms. The van der Waals surface area contributed by atoms with Gasteiger partial charge in [-0.1, -0.05) is 0 Å². The number of rotatable bonds is 5. The molecule has 3 aliphatic heterocycles. The molecule has 0 aromatic heterocycles. The van der Waals surface area contributed by atoms with Crippen LogP contribution in [0.15, 0.2) is 18.2 Å². The standard InChI is InChI=1S/C20H29N3O3/c1-25-17-7-8-19(26-2)18(9-17)21-20(24)23-12-15-5-6-16(13-23)22(11-15)10-14-3-4-14/h7-9,14-16H,3-6,10-13H2,1-2H3,(H,21,24)/t15-,16-/m0/s1. The third-order valence-electron chi connectivity index (χ3n) is 5.95. The number of hydrogen-bond donors (Lipinski definition) is 1. The van der Waals surface area contributed by atoms with E-state index >= 15 is 0 Å². The largest absolute Gasteiger partial charge is 0.497 e. The number of amides is 2. The lowest BCUT2D eigenvalue weighted by molar-refractivity contribution is 0.126. The van der Waals surface area contributed by atoms with E-state index in [1.165, 1.54) is 32.2 Å². The molecule has 2 bridgehead atoms. The van der Waals surface area contributed by atoms with E-state index in [0.717, 1.165) is 25.6 Å². The van der Waals surface area contributed by atoms with E-state index in [-0.39, 0.29) is 6.03 Å². The van der Waals surface area contributed by atoms with Crippen LogP contribution in [0.1, 0.15) is 25.7 Å². The van der Waals surface area contributed by atoms with Crippen molar-refractivity contribution in [3.63, 3.8) is 0 Å². The van der Waals surface area contributed by atoms with Crippen molar-refractivity contribution < 1.29 is 14.3 Å². The second-order valence-corrected chi connectivity index (χ2v) is 7.90. The summed E-state index contributed by atoms with van der Waals surface area (Å²) >= 11 is 0. The predicted octanol–water partition coefficient (Wildman–Crippen LogP) is 3.04. The number of piperidine rings is 1. The van der Waals surface area contributed by atoms with Crippen molar-refractivity contribution >= 4 is 11.7 Å². The molecule has 3 heterocycles. The van der Waals surface area contributed by atoms with Crippen molar-refractivity contribution in [1.82, 2.24) is 9.80 Å². The third-order valence-corrected chi connectivity index (χ3v) is 5.95. The molecule has 1 aliphatic carbocycles. The lowest BCUT2D eigenvalue weighted by Gasteiger charge is -2.36. The van der Waals surface area contributed by atoms with Gasteiger partial charge in [0.25, 0.3) is 0 Å². The van der Waals surface area contributed by atoms with E-state index < -0.39 is 0 Å². The summed E-state index contributed by atoms with van der Waals surface area (Å²) < 4.78 is 10.7. The number of nitrogens with zero attached hydrogens (tertiary/aromatic N) is 2. The molecule has 1 aromatic carbocycles. The van der Waals surface area contributed by atoms with Crippen molar-refractivity contribution in [3.05, 3.63) is 18.2 Å². The van der Waals surface area contributed by atoms with Crippen LogP contribution >= 0.6 is 0 Å². The first-order valence-electron chi connectivity index (χ1n) is 9.68. The molecule has 26 heavy (non-hydrogen) atoms. The summed E-state index contributed by atoms with van der Waals surface area (Å²) in [5, 5.41) is 3.03. The number of methoxy groups -OCH3 is 2. The van der Waals surface area contributed by atoms with Crippen LogP contribution in [0, 0.1) is 11.8 Å². The highest BCUT2D eigenvalue weighted by molar-refractivity contribution is 5.91. The van der Waals surface area contributed by atoms with Gasteiger partial charge in [0.15, 0.2) is 0 Å². The molecule has 0 radical (unpaired) electrons. The summed E-state index contributed by atoms with van der Waals surface area (Å²) in [5.74, 6) is 2.84. The average molecular weight is 359 g/mol. The molecular formula is C20H29N3O3.